The molecule has 94 valence electrons. The van der Waals surface area contributed by atoms with E-state index in [1.165, 1.54) is 19.4 Å². The topological polar surface area (TPSA) is 44.4 Å². The van der Waals surface area contributed by atoms with Crippen LogP contribution in [0.4, 0.5) is 0 Å². The predicted molar refractivity (Wildman–Crippen MR) is 66.4 cm³/mol. The van der Waals surface area contributed by atoms with Gasteiger partial charge in [-0.25, -0.2) is 0 Å². The van der Waals surface area contributed by atoms with Gasteiger partial charge in [0.25, 0.3) is 0 Å². The largest absolute Gasteiger partial charge is 0.353 e. The van der Waals surface area contributed by atoms with E-state index in [4.69, 9.17) is 0 Å². The molecule has 0 aromatic heterocycles. The molecule has 0 radical (unpaired) electrons. The van der Waals surface area contributed by atoms with E-state index in [-0.39, 0.29) is 18.0 Å². The molecule has 2 N–H and O–H groups in total. The van der Waals surface area contributed by atoms with E-state index in [1.807, 2.05) is 20.8 Å². The lowest BCUT2D eigenvalue weighted by Crippen LogP contribution is -2.52. The summed E-state index contributed by atoms with van der Waals surface area (Å²) < 4.78 is 0. The number of carbonyl (C=O) groups excluding carboxylic acids is 1. The lowest BCUT2D eigenvalue weighted by Gasteiger charge is -2.32. The molecular weight excluding hydrogens is 202 g/mol. The van der Waals surface area contributed by atoms with Gasteiger partial charge in [0.15, 0.2) is 0 Å². The van der Waals surface area contributed by atoms with Gasteiger partial charge >= 0.3 is 0 Å². The molecule has 2 atom stereocenters. The monoisotopic (exact) mass is 227 g/mol. The van der Waals surface area contributed by atoms with Crippen molar-refractivity contribution in [1.82, 2.24) is 15.5 Å². The third-order valence-corrected chi connectivity index (χ3v) is 2.93. The molecule has 0 saturated carbocycles. The average molecular weight is 227 g/mol. The van der Waals surface area contributed by atoms with Crippen molar-refractivity contribution in [3.05, 3.63) is 0 Å². The number of nitrogens with zero attached hydrogens (tertiary/aromatic N) is 1. The van der Waals surface area contributed by atoms with Gasteiger partial charge in [-0.3, -0.25) is 4.79 Å². The second-order valence-corrected chi connectivity index (χ2v) is 5.15. The van der Waals surface area contributed by atoms with E-state index < -0.39 is 0 Å². The Hall–Kier alpha value is -0.610. The quantitative estimate of drug-likeness (QED) is 0.738. The van der Waals surface area contributed by atoms with Crippen molar-refractivity contribution in [2.75, 3.05) is 20.1 Å². The van der Waals surface area contributed by atoms with Crippen molar-refractivity contribution in [2.24, 2.45) is 0 Å². The summed E-state index contributed by atoms with van der Waals surface area (Å²) in [5.41, 5.74) is 0. The summed E-state index contributed by atoms with van der Waals surface area (Å²) in [5, 5.41) is 6.33. The molecule has 1 amide bonds. The van der Waals surface area contributed by atoms with Gasteiger partial charge in [-0.2, -0.15) is 0 Å². The molecule has 0 aromatic rings. The van der Waals surface area contributed by atoms with E-state index in [9.17, 15) is 4.79 Å². The first-order valence-electron chi connectivity index (χ1n) is 6.24. The molecule has 1 aliphatic rings. The number of piperidine rings is 1. The fourth-order valence-electron chi connectivity index (χ4n) is 2.14. The highest BCUT2D eigenvalue weighted by atomic mass is 16.2. The minimum atomic E-state index is -0.0982. The minimum Gasteiger partial charge on any atom is -0.353 e. The number of carbonyl (C=O) groups is 1. The third-order valence-electron chi connectivity index (χ3n) is 2.93. The van der Waals surface area contributed by atoms with Crippen LogP contribution in [0.25, 0.3) is 0 Å². The Morgan fingerprint density at radius 1 is 1.38 bits per heavy atom. The molecular formula is C12H25N3O. The highest BCUT2D eigenvalue weighted by Gasteiger charge is 2.21. The smallest absolute Gasteiger partial charge is 0.237 e. The Balaban J connectivity index is 2.32. The van der Waals surface area contributed by atoms with Gasteiger partial charge in [-0.1, -0.05) is 0 Å². The fraction of sp³-hybridized carbons (Fsp3) is 0.917. The van der Waals surface area contributed by atoms with Crippen molar-refractivity contribution >= 4 is 5.91 Å². The Labute approximate surface area is 98.8 Å². The number of amides is 1. The lowest BCUT2D eigenvalue weighted by atomic mass is 10.1. The van der Waals surface area contributed by atoms with E-state index in [1.54, 1.807) is 0 Å². The van der Waals surface area contributed by atoms with Gasteiger partial charge < -0.3 is 15.5 Å². The summed E-state index contributed by atoms with van der Waals surface area (Å²) in [5.74, 6) is 0.100. The van der Waals surface area contributed by atoms with E-state index >= 15 is 0 Å². The molecule has 0 bridgehead atoms. The molecule has 4 nitrogen and oxygen atoms in total. The average Bonchev–Trinajstić information content (AvgIpc) is 2.16. The second-order valence-electron chi connectivity index (χ2n) is 5.15. The Morgan fingerprint density at radius 2 is 2.06 bits per heavy atom. The van der Waals surface area contributed by atoms with Crippen LogP contribution in [0.1, 0.15) is 33.6 Å². The van der Waals surface area contributed by atoms with E-state index in [0.717, 1.165) is 6.54 Å². The summed E-state index contributed by atoms with van der Waals surface area (Å²) >= 11 is 0. The molecule has 2 unspecified atom stereocenters. The van der Waals surface area contributed by atoms with Gasteiger partial charge in [0.1, 0.15) is 0 Å². The molecule has 0 spiro atoms. The molecule has 16 heavy (non-hydrogen) atoms. The van der Waals surface area contributed by atoms with Gasteiger partial charge in [0.2, 0.25) is 5.91 Å². The zero-order valence-corrected chi connectivity index (χ0v) is 10.9. The lowest BCUT2D eigenvalue weighted by molar-refractivity contribution is -0.123. The highest BCUT2D eigenvalue weighted by molar-refractivity contribution is 5.81. The molecule has 1 rings (SSSR count). The summed E-state index contributed by atoms with van der Waals surface area (Å²) in [4.78, 5) is 14.0. The van der Waals surface area contributed by atoms with Crippen LogP contribution in [0.15, 0.2) is 0 Å². The van der Waals surface area contributed by atoms with Crippen LogP contribution in [0.3, 0.4) is 0 Å². The highest BCUT2D eigenvalue weighted by Crippen LogP contribution is 2.08. The van der Waals surface area contributed by atoms with Gasteiger partial charge in [0, 0.05) is 18.6 Å². The zero-order chi connectivity index (χ0) is 12.1. The predicted octanol–water partition coefficient (Wildman–Crippen LogP) is 0.583. The van der Waals surface area contributed by atoms with Crippen LogP contribution in [0.2, 0.25) is 0 Å². The van der Waals surface area contributed by atoms with Gasteiger partial charge in [0.05, 0.1) is 6.04 Å². The molecule has 1 saturated heterocycles. The van der Waals surface area contributed by atoms with Gasteiger partial charge in [-0.05, 0) is 47.2 Å². The summed E-state index contributed by atoms with van der Waals surface area (Å²) in [6.07, 6.45) is 2.39. The molecule has 4 heteroatoms. The molecule has 1 fully saturated rings. The Bertz CT molecular complexity index is 230. The van der Waals surface area contributed by atoms with Crippen molar-refractivity contribution < 1.29 is 4.79 Å². The number of hydrogen-bond acceptors (Lipinski definition) is 3. The SMILES string of the molecule is CC(C)NC(=O)C(C)NC1CCCN(C)C1. The van der Waals surface area contributed by atoms with Crippen molar-refractivity contribution in [3.63, 3.8) is 0 Å². The van der Waals surface area contributed by atoms with E-state index in [2.05, 4.69) is 22.6 Å². The second kappa shape index (κ2) is 6.21. The van der Waals surface area contributed by atoms with Crippen LogP contribution in [0, 0.1) is 0 Å². The number of likely N-dealkylation sites (N-methyl/N-ethyl adjacent to an activating group) is 1. The van der Waals surface area contributed by atoms with Crippen LogP contribution >= 0.6 is 0 Å². The summed E-state index contributed by atoms with van der Waals surface area (Å²) in [6.45, 7) is 8.12. The Morgan fingerprint density at radius 3 is 2.62 bits per heavy atom. The number of hydrogen-bond donors (Lipinski definition) is 2. The first-order chi connectivity index (χ1) is 7.49. The van der Waals surface area contributed by atoms with Crippen LogP contribution in [-0.4, -0.2) is 49.1 Å². The van der Waals surface area contributed by atoms with Crippen molar-refractivity contribution in [3.8, 4) is 0 Å². The first-order valence-corrected chi connectivity index (χ1v) is 6.24. The Kier molecular flexibility index (Phi) is 5.22. The maximum Gasteiger partial charge on any atom is 0.237 e. The van der Waals surface area contributed by atoms with Crippen LogP contribution in [-0.2, 0) is 4.79 Å². The minimum absolute atomic E-state index is 0.0982. The first kappa shape index (κ1) is 13.5. The fourth-order valence-corrected chi connectivity index (χ4v) is 2.14. The summed E-state index contributed by atoms with van der Waals surface area (Å²) in [6, 6.07) is 0.566. The van der Waals surface area contributed by atoms with Crippen LogP contribution < -0.4 is 10.6 Å². The molecule has 0 aromatic carbocycles. The normalized spacial score (nSPS) is 24.4. The van der Waals surface area contributed by atoms with Crippen molar-refractivity contribution in [2.45, 2.75) is 51.7 Å². The maximum absolute atomic E-state index is 11.7. The summed E-state index contributed by atoms with van der Waals surface area (Å²) in [7, 11) is 2.13. The van der Waals surface area contributed by atoms with Gasteiger partial charge in [-0.15, -0.1) is 0 Å². The molecule has 1 aliphatic heterocycles. The number of likely N-dealkylation sites (tertiary alicyclic amines) is 1. The number of nitrogens with one attached hydrogen (secondary N) is 2. The van der Waals surface area contributed by atoms with E-state index in [0.29, 0.717) is 6.04 Å². The zero-order valence-electron chi connectivity index (χ0n) is 10.9. The number of rotatable bonds is 4. The molecule has 0 aliphatic carbocycles. The third kappa shape index (κ3) is 4.49. The standard InChI is InChI=1S/C12H25N3O/c1-9(2)13-12(16)10(3)14-11-6-5-7-15(4)8-11/h9-11,14H,5-8H2,1-4H3,(H,13,16). The molecule has 1 heterocycles. The maximum atomic E-state index is 11.7. The van der Waals surface area contributed by atoms with Crippen molar-refractivity contribution in [1.29, 1.82) is 0 Å². The van der Waals surface area contributed by atoms with Crippen LogP contribution in [0.5, 0.6) is 0 Å².